The Kier molecular flexibility index (Phi) is 1.79. The number of hydrogen-bond donors (Lipinski definition) is 0. The van der Waals surface area contributed by atoms with Crippen LogP contribution in [-0.2, 0) is 6.54 Å². The molecule has 2 nitrogen and oxygen atoms in total. The van der Waals surface area contributed by atoms with Gasteiger partial charge >= 0.3 is 0 Å². The molecule has 2 heteroatoms. The molecule has 64 valence electrons. The van der Waals surface area contributed by atoms with E-state index in [4.69, 9.17) is 6.42 Å². The van der Waals surface area contributed by atoms with Crippen LogP contribution < -0.4 is 0 Å². The van der Waals surface area contributed by atoms with Crippen LogP contribution in [0.1, 0.15) is 5.56 Å². The van der Waals surface area contributed by atoms with Crippen molar-refractivity contribution in [2.24, 2.45) is 0 Å². The van der Waals surface area contributed by atoms with Crippen molar-refractivity contribution in [3.8, 4) is 12.3 Å². The van der Waals surface area contributed by atoms with Gasteiger partial charge in [-0.25, -0.2) is 4.98 Å². The van der Waals surface area contributed by atoms with Crippen LogP contribution in [0, 0.1) is 19.3 Å². The Labute approximate surface area is 77.2 Å². The van der Waals surface area contributed by atoms with Gasteiger partial charge in [-0.05, 0) is 24.6 Å². The molecular formula is C11H10N2. The van der Waals surface area contributed by atoms with Gasteiger partial charge in [0.25, 0.3) is 0 Å². The minimum atomic E-state index is 0.583. The van der Waals surface area contributed by atoms with Crippen molar-refractivity contribution in [1.29, 1.82) is 0 Å². The summed E-state index contributed by atoms with van der Waals surface area (Å²) < 4.78 is 1.97. The molecule has 13 heavy (non-hydrogen) atoms. The van der Waals surface area contributed by atoms with Gasteiger partial charge in [0.2, 0.25) is 0 Å². The SMILES string of the molecule is C#CCn1cnc2cc(C)ccc21. The number of hydrogen-bond acceptors (Lipinski definition) is 1. The third-order valence-electron chi connectivity index (χ3n) is 2.04. The highest BCUT2D eigenvalue weighted by molar-refractivity contribution is 5.76. The summed E-state index contributed by atoms with van der Waals surface area (Å²) in [5.74, 6) is 2.60. The van der Waals surface area contributed by atoms with E-state index < -0.39 is 0 Å². The first kappa shape index (κ1) is 7.88. The second kappa shape index (κ2) is 2.95. The number of fused-ring (bicyclic) bond motifs is 1. The maximum atomic E-state index is 5.24. The molecule has 0 radical (unpaired) electrons. The van der Waals surface area contributed by atoms with Crippen LogP contribution in [0.25, 0.3) is 11.0 Å². The van der Waals surface area contributed by atoms with Crippen LogP contribution in [0.5, 0.6) is 0 Å². The zero-order valence-corrected chi connectivity index (χ0v) is 7.49. The number of rotatable bonds is 1. The molecule has 0 saturated heterocycles. The normalized spacial score (nSPS) is 10.2. The summed E-state index contributed by atoms with van der Waals surface area (Å²) in [6.07, 6.45) is 7.02. The first-order valence-electron chi connectivity index (χ1n) is 4.16. The van der Waals surface area contributed by atoms with Crippen molar-refractivity contribution in [3.63, 3.8) is 0 Å². The number of terminal acetylenes is 1. The molecule has 0 spiro atoms. The largest absolute Gasteiger partial charge is 0.319 e. The van der Waals surface area contributed by atoms with Crippen LogP contribution in [-0.4, -0.2) is 9.55 Å². The van der Waals surface area contributed by atoms with Crippen LogP contribution in [0.4, 0.5) is 0 Å². The molecule has 1 aromatic carbocycles. The Morgan fingerprint density at radius 3 is 3.15 bits per heavy atom. The van der Waals surface area contributed by atoms with Gasteiger partial charge in [0, 0.05) is 0 Å². The zero-order chi connectivity index (χ0) is 9.26. The van der Waals surface area contributed by atoms with E-state index in [2.05, 4.69) is 36.0 Å². The third-order valence-corrected chi connectivity index (χ3v) is 2.04. The van der Waals surface area contributed by atoms with Gasteiger partial charge < -0.3 is 4.57 Å². The average Bonchev–Trinajstić information content (AvgIpc) is 2.49. The van der Waals surface area contributed by atoms with Crippen molar-refractivity contribution in [2.75, 3.05) is 0 Å². The smallest absolute Gasteiger partial charge is 0.0966 e. The lowest BCUT2D eigenvalue weighted by atomic mass is 10.2. The average molecular weight is 170 g/mol. The van der Waals surface area contributed by atoms with Gasteiger partial charge in [-0.3, -0.25) is 0 Å². The van der Waals surface area contributed by atoms with Gasteiger partial charge in [0.05, 0.1) is 23.9 Å². The van der Waals surface area contributed by atoms with Crippen molar-refractivity contribution >= 4 is 11.0 Å². The number of aryl methyl sites for hydroxylation is 1. The highest BCUT2D eigenvalue weighted by Gasteiger charge is 1.99. The molecule has 0 unspecified atom stereocenters. The summed E-state index contributed by atoms with van der Waals surface area (Å²) >= 11 is 0. The zero-order valence-electron chi connectivity index (χ0n) is 7.49. The maximum Gasteiger partial charge on any atom is 0.0966 e. The first-order chi connectivity index (χ1) is 6.31. The van der Waals surface area contributed by atoms with Crippen molar-refractivity contribution in [1.82, 2.24) is 9.55 Å². The topological polar surface area (TPSA) is 17.8 Å². The van der Waals surface area contributed by atoms with Crippen molar-refractivity contribution < 1.29 is 0 Å². The summed E-state index contributed by atoms with van der Waals surface area (Å²) in [6.45, 7) is 2.64. The van der Waals surface area contributed by atoms with Crippen LogP contribution >= 0.6 is 0 Å². The Morgan fingerprint density at radius 1 is 1.54 bits per heavy atom. The van der Waals surface area contributed by atoms with Gasteiger partial charge in [-0.15, -0.1) is 6.42 Å². The fourth-order valence-corrected chi connectivity index (χ4v) is 1.40. The summed E-state index contributed by atoms with van der Waals surface area (Å²) in [6, 6.07) is 6.17. The first-order valence-corrected chi connectivity index (χ1v) is 4.16. The summed E-state index contributed by atoms with van der Waals surface area (Å²) in [5, 5.41) is 0. The number of imidazole rings is 1. The minimum absolute atomic E-state index is 0.583. The Morgan fingerprint density at radius 2 is 2.38 bits per heavy atom. The lowest BCUT2D eigenvalue weighted by Crippen LogP contribution is -1.91. The van der Waals surface area contributed by atoms with Crippen LogP contribution in [0.15, 0.2) is 24.5 Å². The molecule has 1 heterocycles. The molecule has 0 aliphatic carbocycles. The molecule has 0 saturated carbocycles. The van der Waals surface area contributed by atoms with Crippen LogP contribution in [0.3, 0.4) is 0 Å². The Hall–Kier alpha value is -1.75. The Bertz CT molecular complexity index is 474. The predicted octanol–water partition coefficient (Wildman–Crippen LogP) is 1.98. The van der Waals surface area contributed by atoms with Gasteiger partial charge in [-0.1, -0.05) is 12.0 Å². The van der Waals surface area contributed by atoms with Gasteiger partial charge in [0.1, 0.15) is 0 Å². The second-order valence-electron chi connectivity index (χ2n) is 3.07. The lowest BCUT2D eigenvalue weighted by Gasteiger charge is -1.97. The molecule has 0 atom stereocenters. The lowest BCUT2D eigenvalue weighted by molar-refractivity contribution is 0.871. The van der Waals surface area contributed by atoms with E-state index in [9.17, 15) is 0 Å². The fourth-order valence-electron chi connectivity index (χ4n) is 1.40. The number of nitrogens with zero attached hydrogens (tertiary/aromatic N) is 2. The van der Waals surface area contributed by atoms with E-state index in [-0.39, 0.29) is 0 Å². The molecule has 1 aromatic heterocycles. The highest BCUT2D eigenvalue weighted by Crippen LogP contribution is 2.13. The molecule has 0 bridgehead atoms. The summed E-state index contributed by atoms with van der Waals surface area (Å²) in [7, 11) is 0. The monoisotopic (exact) mass is 170 g/mol. The summed E-state index contributed by atoms with van der Waals surface area (Å²) in [5.41, 5.74) is 3.33. The molecule has 0 aliphatic heterocycles. The van der Waals surface area contributed by atoms with E-state index in [1.54, 1.807) is 6.33 Å². The van der Waals surface area contributed by atoms with E-state index in [0.717, 1.165) is 11.0 Å². The Balaban J connectivity index is 2.63. The molecule has 0 amide bonds. The third kappa shape index (κ3) is 1.29. The molecule has 0 fully saturated rings. The molecular weight excluding hydrogens is 160 g/mol. The second-order valence-corrected chi connectivity index (χ2v) is 3.07. The standard InChI is InChI=1S/C11H10N2/c1-3-6-13-8-12-10-7-9(2)4-5-11(10)13/h1,4-5,7-8H,6H2,2H3. The van der Waals surface area contributed by atoms with Crippen molar-refractivity contribution in [2.45, 2.75) is 13.5 Å². The van der Waals surface area contributed by atoms with E-state index >= 15 is 0 Å². The van der Waals surface area contributed by atoms with E-state index in [1.807, 2.05) is 4.57 Å². The minimum Gasteiger partial charge on any atom is -0.319 e. The maximum absolute atomic E-state index is 5.24. The van der Waals surface area contributed by atoms with Crippen molar-refractivity contribution in [3.05, 3.63) is 30.1 Å². The van der Waals surface area contributed by atoms with Gasteiger partial charge in [0.15, 0.2) is 0 Å². The quantitative estimate of drug-likeness (QED) is 0.598. The fraction of sp³-hybridized carbons (Fsp3) is 0.182. The molecule has 2 rings (SSSR count). The molecule has 2 aromatic rings. The van der Waals surface area contributed by atoms with Gasteiger partial charge in [-0.2, -0.15) is 0 Å². The van der Waals surface area contributed by atoms with E-state index in [0.29, 0.717) is 6.54 Å². The highest BCUT2D eigenvalue weighted by atomic mass is 15.0. The predicted molar refractivity (Wildman–Crippen MR) is 53.3 cm³/mol. The number of benzene rings is 1. The molecule has 0 N–H and O–H groups in total. The van der Waals surface area contributed by atoms with E-state index in [1.165, 1.54) is 5.56 Å². The molecule has 0 aliphatic rings. The summed E-state index contributed by atoms with van der Waals surface area (Å²) in [4.78, 5) is 4.27. The van der Waals surface area contributed by atoms with Crippen LogP contribution in [0.2, 0.25) is 0 Å². The number of aromatic nitrogens is 2.